The molecule has 2 aliphatic heterocycles. The smallest absolute Gasteiger partial charge is 0.254 e. The molecule has 0 unspecified atom stereocenters. The highest BCUT2D eigenvalue weighted by molar-refractivity contribution is 5.95. The number of carbonyl (C=O) groups excluding carboxylic acids is 2. The molecule has 2 saturated heterocycles. The average molecular weight is 396 g/mol. The lowest BCUT2D eigenvalue weighted by Crippen LogP contribution is -2.67. The van der Waals surface area contributed by atoms with Crippen molar-refractivity contribution in [2.75, 3.05) is 26.3 Å². The van der Waals surface area contributed by atoms with Gasteiger partial charge in [0.25, 0.3) is 5.91 Å². The SMILES string of the molecule is CCOc1cc(O)cc(C(=O)N2CC[C@@]3(c4ccccc4)NC(=O)CO[C@@H]3C2)c1. The molecular weight excluding hydrogens is 372 g/mol. The molecule has 2 aliphatic rings. The van der Waals surface area contributed by atoms with Crippen molar-refractivity contribution < 1.29 is 24.2 Å². The summed E-state index contributed by atoms with van der Waals surface area (Å²) in [5.74, 6) is 0.0759. The van der Waals surface area contributed by atoms with E-state index in [1.165, 1.54) is 12.1 Å². The first-order valence-corrected chi connectivity index (χ1v) is 9.76. The molecule has 0 spiro atoms. The zero-order valence-electron chi connectivity index (χ0n) is 16.3. The number of rotatable bonds is 4. The summed E-state index contributed by atoms with van der Waals surface area (Å²) >= 11 is 0. The van der Waals surface area contributed by atoms with Gasteiger partial charge in [0.05, 0.1) is 12.1 Å². The van der Waals surface area contributed by atoms with Crippen molar-refractivity contribution in [2.24, 2.45) is 0 Å². The summed E-state index contributed by atoms with van der Waals surface area (Å²) in [6, 6.07) is 14.3. The zero-order valence-corrected chi connectivity index (χ0v) is 16.3. The number of nitrogens with one attached hydrogen (secondary N) is 1. The highest BCUT2D eigenvalue weighted by atomic mass is 16.5. The van der Waals surface area contributed by atoms with Crippen molar-refractivity contribution in [3.8, 4) is 11.5 Å². The number of piperidine rings is 1. The Kier molecular flexibility index (Phi) is 5.15. The Hall–Kier alpha value is -3.06. The summed E-state index contributed by atoms with van der Waals surface area (Å²) in [5.41, 5.74) is 0.685. The largest absolute Gasteiger partial charge is 0.508 e. The molecule has 0 bridgehead atoms. The van der Waals surface area contributed by atoms with E-state index in [0.29, 0.717) is 37.4 Å². The lowest BCUT2D eigenvalue weighted by molar-refractivity contribution is -0.150. The van der Waals surface area contributed by atoms with Crippen molar-refractivity contribution in [2.45, 2.75) is 25.0 Å². The predicted molar refractivity (Wildman–Crippen MR) is 106 cm³/mol. The van der Waals surface area contributed by atoms with Gasteiger partial charge in [-0.1, -0.05) is 30.3 Å². The maximum atomic E-state index is 13.1. The number of likely N-dealkylation sites (tertiary alicyclic amines) is 1. The predicted octanol–water partition coefficient (Wildman–Crippen LogP) is 2.05. The van der Waals surface area contributed by atoms with Crippen LogP contribution in [0.4, 0.5) is 0 Å². The van der Waals surface area contributed by atoms with Gasteiger partial charge in [-0.25, -0.2) is 0 Å². The summed E-state index contributed by atoms with van der Waals surface area (Å²) in [7, 11) is 0. The number of hydrogen-bond acceptors (Lipinski definition) is 5. The summed E-state index contributed by atoms with van der Waals surface area (Å²) in [6.45, 7) is 3.05. The number of carbonyl (C=O) groups is 2. The quantitative estimate of drug-likeness (QED) is 0.826. The van der Waals surface area contributed by atoms with Gasteiger partial charge < -0.3 is 24.8 Å². The number of aromatic hydroxyl groups is 1. The topological polar surface area (TPSA) is 88.1 Å². The third-order valence-electron chi connectivity index (χ3n) is 5.52. The molecule has 2 N–H and O–H groups in total. The Labute approximate surface area is 169 Å². The van der Waals surface area contributed by atoms with Crippen LogP contribution in [0, 0.1) is 0 Å². The van der Waals surface area contributed by atoms with Crippen LogP contribution in [0.25, 0.3) is 0 Å². The highest BCUT2D eigenvalue weighted by Crippen LogP contribution is 2.37. The Bertz CT molecular complexity index is 917. The molecule has 29 heavy (non-hydrogen) atoms. The van der Waals surface area contributed by atoms with Crippen molar-refractivity contribution >= 4 is 11.8 Å². The maximum absolute atomic E-state index is 13.1. The Morgan fingerprint density at radius 3 is 2.86 bits per heavy atom. The van der Waals surface area contributed by atoms with Crippen LogP contribution in [0.3, 0.4) is 0 Å². The van der Waals surface area contributed by atoms with Crippen LogP contribution in [-0.4, -0.2) is 54.2 Å². The van der Waals surface area contributed by atoms with Crippen LogP contribution in [0.1, 0.15) is 29.3 Å². The number of ether oxygens (including phenoxy) is 2. The standard InChI is InChI=1S/C22H24N2O5/c1-2-28-18-11-15(10-17(25)12-18)21(27)24-9-8-22(16-6-4-3-5-7-16)19(13-24)29-14-20(26)23-22/h3-7,10-12,19,25H,2,8-9,13-14H2,1H3,(H,23,26)/t19-,22+/m1/s1. The molecule has 0 aliphatic carbocycles. The lowest BCUT2D eigenvalue weighted by Gasteiger charge is -2.50. The van der Waals surface area contributed by atoms with Gasteiger partial charge >= 0.3 is 0 Å². The molecule has 2 fully saturated rings. The van der Waals surface area contributed by atoms with Crippen LogP contribution < -0.4 is 10.1 Å². The van der Waals surface area contributed by atoms with Crippen molar-refractivity contribution in [1.29, 1.82) is 0 Å². The van der Waals surface area contributed by atoms with E-state index in [9.17, 15) is 14.7 Å². The molecule has 7 nitrogen and oxygen atoms in total. The Morgan fingerprint density at radius 1 is 1.31 bits per heavy atom. The van der Waals surface area contributed by atoms with E-state index in [1.807, 2.05) is 37.3 Å². The van der Waals surface area contributed by atoms with E-state index in [2.05, 4.69) is 5.32 Å². The number of fused-ring (bicyclic) bond motifs is 1. The van der Waals surface area contributed by atoms with E-state index >= 15 is 0 Å². The lowest BCUT2D eigenvalue weighted by atomic mass is 9.77. The molecule has 2 aromatic carbocycles. The first-order chi connectivity index (χ1) is 14.0. The summed E-state index contributed by atoms with van der Waals surface area (Å²) in [6.07, 6.45) is 0.181. The van der Waals surface area contributed by atoms with Crippen molar-refractivity contribution in [3.05, 3.63) is 59.7 Å². The number of morpholine rings is 1. The first-order valence-electron chi connectivity index (χ1n) is 9.76. The Balaban J connectivity index is 1.59. The highest BCUT2D eigenvalue weighted by Gasteiger charge is 2.49. The second-order valence-electron chi connectivity index (χ2n) is 7.33. The zero-order chi connectivity index (χ0) is 20.4. The van der Waals surface area contributed by atoms with Gasteiger partial charge in [0.2, 0.25) is 5.91 Å². The summed E-state index contributed by atoms with van der Waals surface area (Å²) in [5, 5.41) is 13.1. The van der Waals surface area contributed by atoms with E-state index in [4.69, 9.17) is 9.47 Å². The third kappa shape index (κ3) is 3.65. The van der Waals surface area contributed by atoms with Crippen LogP contribution in [0.5, 0.6) is 11.5 Å². The van der Waals surface area contributed by atoms with E-state index in [-0.39, 0.29) is 30.3 Å². The normalized spacial score (nSPS) is 23.8. The number of benzene rings is 2. The minimum Gasteiger partial charge on any atom is -0.508 e. The van der Waals surface area contributed by atoms with Gasteiger partial charge in [0.1, 0.15) is 24.2 Å². The molecule has 2 aromatic rings. The average Bonchev–Trinajstić information content (AvgIpc) is 2.73. The minimum atomic E-state index is -0.650. The summed E-state index contributed by atoms with van der Waals surface area (Å²) < 4.78 is 11.3. The Morgan fingerprint density at radius 2 is 2.10 bits per heavy atom. The maximum Gasteiger partial charge on any atom is 0.254 e. The molecule has 2 atom stereocenters. The second kappa shape index (κ2) is 7.75. The molecule has 2 amide bonds. The number of hydrogen-bond donors (Lipinski definition) is 2. The number of phenols is 1. The van der Waals surface area contributed by atoms with Crippen LogP contribution >= 0.6 is 0 Å². The fraction of sp³-hybridized carbons (Fsp3) is 0.364. The fourth-order valence-corrected chi connectivity index (χ4v) is 4.18. The number of nitrogens with zero attached hydrogens (tertiary/aromatic N) is 1. The number of amides is 2. The van der Waals surface area contributed by atoms with Crippen LogP contribution in [0.15, 0.2) is 48.5 Å². The van der Waals surface area contributed by atoms with Gasteiger partial charge in [0, 0.05) is 24.7 Å². The molecule has 0 saturated carbocycles. The van der Waals surface area contributed by atoms with Crippen LogP contribution in [-0.2, 0) is 15.1 Å². The monoisotopic (exact) mass is 396 g/mol. The van der Waals surface area contributed by atoms with Crippen LogP contribution in [0.2, 0.25) is 0 Å². The minimum absolute atomic E-state index is 0.0175. The number of phenolic OH excluding ortho intramolecular Hbond substituents is 1. The van der Waals surface area contributed by atoms with Gasteiger partial charge in [-0.15, -0.1) is 0 Å². The molecule has 0 aromatic heterocycles. The van der Waals surface area contributed by atoms with Crippen molar-refractivity contribution in [3.63, 3.8) is 0 Å². The molecule has 2 heterocycles. The van der Waals surface area contributed by atoms with Gasteiger partial charge in [0.15, 0.2) is 0 Å². The molecule has 0 radical (unpaired) electrons. The molecule has 4 rings (SSSR count). The summed E-state index contributed by atoms with van der Waals surface area (Å²) in [4.78, 5) is 26.9. The van der Waals surface area contributed by atoms with E-state index in [0.717, 1.165) is 5.56 Å². The van der Waals surface area contributed by atoms with Gasteiger partial charge in [-0.2, -0.15) is 0 Å². The third-order valence-corrected chi connectivity index (χ3v) is 5.52. The van der Waals surface area contributed by atoms with E-state index in [1.54, 1.807) is 11.0 Å². The first kappa shape index (κ1) is 19.3. The van der Waals surface area contributed by atoms with Gasteiger partial charge in [-0.05, 0) is 31.0 Å². The molecule has 152 valence electrons. The van der Waals surface area contributed by atoms with E-state index < -0.39 is 5.54 Å². The molecular formula is C22H24N2O5. The fourth-order valence-electron chi connectivity index (χ4n) is 4.18. The van der Waals surface area contributed by atoms with Gasteiger partial charge in [-0.3, -0.25) is 9.59 Å². The molecule has 7 heteroatoms. The second-order valence-corrected chi connectivity index (χ2v) is 7.33. The van der Waals surface area contributed by atoms with Crippen molar-refractivity contribution in [1.82, 2.24) is 10.2 Å².